The molecule has 0 aromatic heterocycles. The first kappa shape index (κ1) is 13.1. The molecule has 1 saturated carbocycles. The molecule has 4 heteroatoms. The molecule has 0 saturated heterocycles. The van der Waals surface area contributed by atoms with E-state index in [9.17, 15) is 4.79 Å². The van der Waals surface area contributed by atoms with Gasteiger partial charge in [0.1, 0.15) is 0 Å². The van der Waals surface area contributed by atoms with Crippen molar-refractivity contribution in [3.05, 3.63) is 35.4 Å². The third-order valence-corrected chi connectivity index (χ3v) is 3.10. The molecule has 3 N–H and O–H groups in total. The number of carbonyl (C=O) groups excluding carboxylic acids is 1. The molecule has 0 heterocycles. The highest BCUT2D eigenvalue weighted by Gasteiger charge is 2.25. The number of aliphatic hydroxyl groups is 1. The molecule has 1 aromatic rings. The topological polar surface area (TPSA) is 61.4 Å². The van der Waals surface area contributed by atoms with Crippen LogP contribution in [-0.4, -0.2) is 23.1 Å². The van der Waals surface area contributed by atoms with Crippen molar-refractivity contribution in [2.24, 2.45) is 0 Å². The summed E-state index contributed by atoms with van der Waals surface area (Å²) in [4.78, 5) is 11.7. The zero-order chi connectivity index (χ0) is 13.0. The molecular formula is C14H20N2O2. The highest BCUT2D eigenvalue weighted by atomic mass is 16.3. The zero-order valence-corrected chi connectivity index (χ0v) is 10.6. The number of amides is 1. The summed E-state index contributed by atoms with van der Waals surface area (Å²) in [5.41, 5.74) is 1.97. The van der Waals surface area contributed by atoms with E-state index >= 15 is 0 Å². The number of carbonyl (C=O) groups is 1. The maximum atomic E-state index is 11.7. The zero-order valence-electron chi connectivity index (χ0n) is 10.6. The van der Waals surface area contributed by atoms with Gasteiger partial charge in [0.2, 0.25) is 5.91 Å². The van der Waals surface area contributed by atoms with E-state index < -0.39 is 0 Å². The van der Waals surface area contributed by atoms with Gasteiger partial charge in [0.25, 0.3) is 0 Å². The average Bonchev–Trinajstić information content (AvgIpc) is 3.20. The summed E-state index contributed by atoms with van der Waals surface area (Å²) in [5.74, 6) is 0.0656. The van der Waals surface area contributed by atoms with Gasteiger partial charge in [0.15, 0.2) is 0 Å². The lowest BCUT2D eigenvalue weighted by Gasteiger charge is -2.14. The molecular weight excluding hydrogens is 228 g/mol. The fraction of sp³-hybridized carbons (Fsp3) is 0.500. The number of aliphatic hydroxyl groups excluding tert-OH is 1. The summed E-state index contributed by atoms with van der Waals surface area (Å²) in [7, 11) is 0. The summed E-state index contributed by atoms with van der Waals surface area (Å²) >= 11 is 0. The van der Waals surface area contributed by atoms with E-state index in [1.807, 2.05) is 31.2 Å². The van der Waals surface area contributed by atoms with Crippen LogP contribution in [0.4, 0.5) is 0 Å². The van der Waals surface area contributed by atoms with E-state index in [1.165, 1.54) is 0 Å². The average molecular weight is 248 g/mol. The first-order valence-electron chi connectivity index (χ1n) is 6.41. The highest BCUT2D eigenvalue weighted by Crippen LogP contribution is 2.18. The predicted molar refractivity (Wildman–Crippen MR) is 69.8 cm³/mol. The number of hydrogen-bond acceptors (Lipinski definition) is 3. The van der Waals surface area contributed by atoms with Crippen molar-refractivity contribution in [2.75, 3.05) is 0 Å². The molecule has 1 atom stereocenters. The summed E-state index contributed by atoms with van der Waals surface area (Å²) in [6.45, 7) is 2.55. The Balaban J connectivity index is 1.80. The van der Waals surface area contributed by atoms with Gasteiger partial charge in [-0.2, -0.15) is 0 Å². The Labute approximate surface area is 107 Å². The largest absolute Gasteiger partial charge is 0.392 e. The van der Waals surface area contributed by atoms with Gasteiger partial charge in [-0.25, -0.2) is 0 Å². The molecule has 0 aliphatic heterocycles. The van der Waals surface area contributed by atoms with Crippen LogP contribution < -0.4 is 10.6 Å². The first-order chi connectivity index (χ1) is 8.69. The fourth-order valence-corrected chi connectivity index (χ4v) is 1.76. The molecule has 1 aromatic carbocycles. The summed E-state index contributed by atoms with van der Waals surface area (Å²) in [6.07, 6.45) is 2.22. The van der Waals surface area contributed by atoms with Crippen LogP contribution in [0.15, 0.2) is 24.3 Å². The molecule has 1 aliphatic rings. The second-order valence-electron chi connectivity index (χ2n) is 4.86. The third-order valence-electron chi connectivity index (χ3n) is 3.10. The summed E-state index contributed by atoms with van der Waals surface area (Å²) < 4.78 is 0. The van der Waals surface area contributed by atoms with Gasteiger partial charge in [-0.1, -0.05) is 24.3 Å². The molecule has 1 amide bonds. The van der Waals surface area contributed by atoms with E-state index in [-0.39, 0.29) is 18.6 Å². The van der Waals surface area contributed by atoms with Crippen molar-refractivity contribution in [3.63, 3.8) is 0 Å². The van der Waals surface area contributed by atoms with Crippen molar-refractivity contribution in [2.45, 2.75) is 45.0 Å². The number of nitrogens with one attached hydrogen (secondary N) is 2. The molecule has 18 heavy (non-hydrogen) atoms. The fourth-order valence-electron chi connectivity index (χ4n) is 1.76. The minimum atomic E-state index is -0.191. The van der Waals surface area contributed by atoms with Crippen LogP contribution in [0, 0.1) is 0 Å². The molecule has 1 aliphatic carbocycles. The number of benzene rings is 1. The van der Waals surface area contributed by atoms with Gasteiger partial charge in [0.05, 0.1) is 12.6 Å². The smallest absolute Gasteiger partial charge is 0.237 e. The van der Waals surface area contributed by atoms with Crippen LogP contribution in [0.25, 0.3) is 0 Å². The van der Waals surface area contributed by atoms with Crippen molar-refractivity contribution in [1.82, 2.24) is 10.6 Å². The van der Waals surface area contributed by atoms with Gasteiger partial charge in [0, 0.05) is 12.6 Å². The van der Waals surface area contributed by atoms with Crippen LogP contribution in [0.1, 0.15) is 30.9 Å². The van der Waals surface area contributed by atoms with Gasteiger partial charge in [-0.05, 0) is 30.9 Å². The molecule has 0 radical (unpaired) electrons. The second kappa shape index (κ2) is 5.98. The minimum absolute atomic E-state index is 0.0472. The SMILES string of the molecule is CC(NCc1cccc(CO)c1)C(=O)NC1CC1. The first-order valence-corrected chi connectivity index (χ1v) is 6.41. The second-order valence-corrected chi connectivity index (χ2v) is 4.86. The predicted octanol–water partition coefficient (Wildman–Crippen LogP) is 0.936. The quantitative estimate of drug-likeness (QED) is 0.702. The number of rotatable bonds is 6. The molecule has 4 nitrogen and oxygen atoms in total. The van der Waals surface area contributed by atoms with Crippen LogP contribution >= 0.6 is 0 Å². The van der Waals surface area contributed by atoms with E-state index in [1.54, 1.807) is 0 Å². The minimum Gasteiger partial charge on any atom is -0.392 e. The Kier molecular flexibility index (Phi) is 4.33. The van der Waals surface area contributed by atoms with Gasteiger partial charge in [-0.15, -0.1) is 0 Å². The maximum absolute atomic E-state index is 11.7. The van der Waals surface area contributed by atoms with Gasteiger partial charge >= 0.3 is 0 Å². The molecule has 98 valence electrons. The molecule has 0 bridgehead atoms. The normalized spacial score (nSPS) is 16.3. The third kappa shape index (κ3) is 3.82. The van der Waals surface area contributed by atoms with Crippen LogP contribution in [0.3, 0.4) is 0 Å². The maximum Gasteiger partial charge on any atom is 0.237 e. The van der Waals surface area contributed by atoms with E-state index in [0.717, 1.165) is 24.0 Å². The van der Waals surface area contributed by atoms with E-state index in [0.29, 0.717) is 12.6 Å². The lowest BCUT2D eigenvalue weighted by molar-refractivity contribution is -0.122. The van der Waals surface area contributed by atoms with Gasteiger partial charge in [-0.3, -0.25) is 4.79 Å². The van der Waals surface area contributed by atoms with Crippen molar-refractivity contribution >= 4 is 5.91 Å². The molecule has 1 fully saturated rings. The Morgan fingerprint density at radius 2 is 2.17 bits per heavy atom. The Bertz CT molecular complexity index is 416. The Morgan fingerprint density at radius 1 is 1.44 bits per heavy atom. The standard InChI is InChI=1S/C14H20N2O2/c1-10(14(18)16-13-5-6-13)15-8-11-3-2-4-12(7-11)9-17/h2-4,7,10,13,15,17H,5-6,8-9H2,1H3,(H,16,18). The molecule has 0 spiro atoms. The van der Waals surface area contributed by atoms with Crippen molar-refractivity contribution < 1.29 is 9.90 Å². The van der Waals surface area contributed by atoms with E-state index in [2.05, 4.69) is 10.6 Å². The monoisotopic (exact) mass is 248 g/mol. The lowest BCUT2D eigenvalue weighted by Crippen LogP contribution is -2.42. The van der Waals surface area contributed by atoms with Crippen molar-refractivity contribution in [3.8, 4) is 0 Å². The lowest BCUT2D eigenvalue weighted by atomic mass is 10.1. The van der Waals surface area contributed by atoms with Crippen molar-refractivity contribution in [1.29, 1.82) is 0 Å². The summed E-state index contributed by atoms with van der Waals surface area (Å²) in [5, 5.41) is 15.2. The van der Waals surface area contributed by atoms with Crippen LogP contribution in [-0.2, 0) is 17.9 Å². The Hall–Kier alpha value is -1.39. The summed E-state index contributed by atoms with van der Waals surface area (Å²) in [6, 6.07) is 7.93. The highest BCUT2D eigenvalue weighted by molar-refractivity contribution is 5.81. The molecule has 1 unspecified atom stereocenters. The Morgan fingerprint density at radius 3 is 2.83 bits per heavy atom. The van der Waals surface area contributed by atoms with Crippen LogP contribution in [0.2, 0.25) is 0 Å². The van der Waals surface area contributed by atoms with E-state index in [4.69, 9.17) is 5.11 Å². The number of hydrogen-bond donors (Lipinski definition) is 3. The molecule has 2 rings (SSSR count). The van der Waals surface area contributed by atoms with Crippen LogP contribution in [0.5, 0.6) is 0 Å². The van der Waals surface area contributed by atoms with Gasteiger partial charge < -0.3 is 15.7 Å².